The first-order valence-corrected chi connectivity index (χ1v) is 12.7. The van der Waals surface area contributed by atoms with Crippen molar-refractivity contribution in [1.29, 1.82) is 0 Å². The molecular formula is C24H24ClN3O2S2. The maximum Gasteiger partial charge on any atom is 0.228 e. The SMILES string of the molecule is CC(=O)c1ccc(N2CCN(C(=O)Cc3csc(SCc4cccc(Cl)c4)n3)CC2)cc1. The Balaban J connectivity index is 1.25. The standard InChI is InChI=1S/C24H24ClN3O2S2/c1-17(29)19-5-7-22(8-6-19)27-9-11-28(12-10-27)23(30)14-21-16-32-24(26-21)31-15-18-3-2-4-20(25)13-18/h2-8,13,16H,9-12,14-15H2,1H3. The highest BCUT2D eigenvalue weighted by atomic mass is 35.5. The summed E-state index contributed by atoms with van der Waals surface area (Å²) in [4.78, 5) is 33.0. The first-order chi connectivity index (χ1) is 15.5. The van der Waals surface area contributed by atoms with Crippen molar-refractivity contribution in [2.75, 3.05) is 31.1 Å². The number of aromatic nitrogens is 1. The van der Waals surface area contributed by atoms with E-state index in [0.717, 1.165) is 50.7 Å². The Bertz CT molecular complexity index is 1090. The molecular weight excluding hydrogens is 462 g/mol. The summed E-state index contributed by atoms with van der Waals surface area (Å²) in [5.74, 6) is 0.991. The predicted molar refractivity (Wildman–Crippen MR) is 132 cm³/mol. The quantitative estimate of drug-likeness (QED) is 0.341. The number of ketones is 1. The van der Waals surface area contributed by atoms with E-state index in [1.165, 1.54) is 0 Å². The third kappa shape index (κ3) is 5.91. The number of hydrogen-bond donors (Lipinski definition) is 0. The minimum absolute atomic E-state index is 0.0695. The van der Waals surface area contributed by atoms with Gasteiger partial charge in [0.15, 0.2) is 5.78 Å². The van der Waals surface area contributed by atoms with Gasteiger partial charge in [-0.05, 0) is 48.9 Å². The number of benzene rings is 2. The average molecular weight is 486 g/mol. The number of thioether (sulfide) groups is 1. The van der Waals surface area contributed by atoms with Crippen LogP contribution in [0.5, 0.6) is 0 Å². The third-order valence-corrected chi connectivity index (χ3v) is 7.76. The largest absolute Gasteiger partial charge is 0.368 e. The molecule has 0 aliphatic carbocycles. The van der Waals surface area contributed by atoms with Crippen molar-refractivity contribution in [2.45, 2.75) is 23.4 Å². The number of hydrogen-bond acceptors (Lipinski definition) is 6. The molecule has 1 fully saturated rings. The second-order valence-electron chi connectivity index (χ2n) is 7.67. The second kappa shape index (κ2) is 10.5. The van der Waals surface area contributed by atoms with Gasteiger partial charge in [-0.3, -0.25) is 9.59 Å². The fraction of sp³-hybridized carbons (Fsp3) is 0.292. The molecule has 0 unspecified atom stereocenters. The number of nitrogens with zero attached hydrogens (tertiary/aromatic N) is 3. The number of amides is 1. The normalized spacial score (nSPS) is 13.9. The molecule has 2 aromatic carbocycles. The summed E-state index contributed by atoms with van der Waals surface area (Å²) in [6.07, 6.45) is 0.335. The molecule has 0 saturated carbocycles. The summed E-state index contributed by atoms with van der Waals surface area (Å²) < 4.78 is 0.964. The highest BCUT2D eigenvalue weighted by Gasteiger charge is 2.22. The Morgan fingerprint density at radius 1 is 1.09 bits per heavy atom. The Morgan fingerprint density at radius 2 is 1.84 bits per heavy atom. The van der Waals surface area contributed by atoms with Crippen molar-refractivity contribution >= 4 is 52.1 Å². The second-order valence-corrected chi connectivity index (χ2v) is 10.2. The maximum absolute atomic E-state index is 12.8. The third-order valence-electron chi connectivity index (χ3n) is 5.39. The van der Waals surface area contributed by atoms with Crippen LogP contribution in [-0.4, -0.2) is 47.8 Å². The van der Waals surface area contributed by atoms with Crippen molar-refractivity contribution < 1.29 is 9.59 Å². The van der Waals surface area contributed by atoms with Crippen molar-refractivity contribution in [3.05, 3.63) is 75.8 Å². The highest BCUT2D eigenvalue weighted by molar-refractivity contribution is 8.00. The van der Waals surface area contributed by atoms with Gasteiger partial charge in [0.25, 0.3) is 0 Å². The molecule has 4 rings (SSSR count). The van der Waals surface area contributed by atoms with Crippen LogP contribution in [-0.2, 0) is 17.0 Å². The van der Waals surface area contributed by atoms with Crippen molar-refractivity contribution in [1.82, 2.24) is 9.88 Å². The lowest BCUT2D eigenvalue weighted by Gasteiger charge is -2.36. The number of rotatable bonds is 7. The van der Waals surface area contributed by atoms with Gasteiger partial charge < -0.3 is 9.80 Å². The molecule has 1 aromatic heterocycles. The van der Waals surface area contributed by atoms with E-state index < -0.39 is 0 Å². The number of carbonyl (C=O) groups excluding carboxylic acids is 2. The lowest BCUT2D eigenvalue weighted by Crippen LogP contribution is -2.49. The van der Waals surface area contributed by atoms with Gasteiger partial charge in [-0.2, -0.15) is 0 Å². The summed E-state index contributed by atoms with van der Waals surface area (Å²) in [6.45, 7) is 4.51. The van der Waals surface area contributed by atoms with Gasteiger partial charge >= 0.3 is 0 Å². The molecule has 0 N–H and O–H groups in total. The molecule has 166 valence electrons. The topological polar surface area (TPSA) is 53.5 Å². The monoisotopic (exact) mass is 485 g/mol. The van der Waals surface area contributed by atoms with Crippen LogP contribution < -0.4 is 4.90 Å². The van der Waals surface area contributed by atoms with Crippen LogP contribution in [0.15, 0.2) is 58.3 Å². The van der Waals surface area contributed by atoms with Crippen molar-refractivity contribution in [2.24, 2.45) is 0 Å². The molecule has 2 heterocycles. The summed E-state index contributed by atoms with van der Waals surface area (Å²) in [5.41, 5.74) is 3.79. The number of halogens is 1. The van der Waals surface area contributed by atoms with Crippen LogP contribution in [0.2, 0.25) is 5.02 Å². The van der Waals surface area contributed by atoms with Gasteiger partial charge in [-0.25, -0.2) is 4.98 Å². The lowest BCUT2D eigenvalue weighted by molar-refractivity contribution is -0.130. The van der Waals surface area contributed by atoms with Crippen molar-refractivity contribution in [3.63, 3.8) is 0 Å². The molecule has 0 atom stereocenters. The van der Waals surface area contributed by atoms with Gasteiger partial charge in [0.05, 0.1) is 12.1 Å². The Hall–Kier alpha value is -2.35. The number of piperazine rings is 1. The van der Waals surface area contributed by atoms with Crippen LogP contribution in [0.3, 0.4) is 0 Å². The minimum Gasteiger partial charge on any atom is -0.368 e. The fourth-order valence-corrected chi connectivity index (χ4v) is 5.60. The van der Waals surface area contributed by atoms with E-state index in [-0.39, 0.29) is 11.7 Å². The minimum atomic E-state index is 0.0695. The van der Waals surface area contributed by atoms with Crippen LogP contribution in [0.1, 0.15) is 28.5 Å². The fourth-order valence-electron chi connectivity index (χ4n) is 3.60. The first kappa shape index (κ1) is 22.8. The molecule has 0 spiro atoms. The highest BCUT2D eigenvalue weighted by Crippen LogP contribution is 2.27. The molecule has 1 amide bonds. The van der Waals surface area contributed by atoms with E-state index in [1.807, 2.05) is 58.8 Å². The van der Waals surface area contributed by atoms with E-state index >= 15 is 0 Å². The molecule has 8 heteroatoms. The first-order valence-electron chi connectivity index (χ1n) is 10.4. The zero-order valence-corrected chi connectivity index (χ0v) is 20.2. The Morgan fingerprint density at radius 3 is 2.53 bits per heavy atom. The van der Waals surface area contributed by atoms with E-state index in [1.54, 1.807) is 30.0 Å². The number of thiazole rings is 1. The summed E-state index contributed by atoms with van der Waals surface area (Å²) >= 11 is 9.28. The van der Waals surface area contributed by atoms with Gasteiger partial charge in [-0.15, -0.1) is 11.3 Å². The Kier molecular flexibility index (Phi) is 7.50. The van der Waals surface area contributed by atoms with E-state index in [2.05, 4.69) is 9.88 Å². The summed E-state index contributed by atoms with van der Waals surface area (Å²) in [7, 11) is 0. The summed E-state index contributed by atoms with van der Waals surface area (Å²) in [5, 5.41) is 2.71. The molecule has 1 aliphatic heterocycles. The van der Waals surface area contributed by atoms with Gasteiger partial charge in [0.2, 0.25) is 5.91 Å². The van der Waals surface area contributed by atoms with Crippen molar-refractivity contribution in [3.8, 4) is 0 Å². The molecule has 0 radical (unpaired) electrons. The molecule has 5 nitrogen and oxygen atoms in total. The maximum atomic E-state index is 12.8. The zero-order valence-electron chi connectivity index (χ0n) is 17.8. The number of Topliss-reactive ketones (excluding diaryl/α,β-unsaturated/α-hetero) is 1. The molecule has 32 heavy (non-hydrogen) atoms. The molecule has 1 aliphatic rings. The Labute approximate surface area is 201 Å². The van der Waals surface area contributed by atoms with Crippen LogP contribution >= 0.6 is 34.7 Å². The number of carbonyl (C=O) groups is 2. The predicted octanol–water partition coefficient (Wildman–Crippen LogP) is 5.18. The lowest BCUT2D eigenvalue weighted by atomic mass is 10.1. The van der Waals surface area contributed by atoms with Gasteiger partial charge in [-0.1, -0.05) is 35.5 Å². The molecule has 3 aromatic rings. The van der Waals surface area contributed by atoms with Crippen LogP contribution in [0.4, 0.5) is 5.69 Å². The van der Waals surface area contributed by atoms with Crippen LogP contribution in [0, 0.1) is 0 Å². The number of anilines is 1. The molecule has 0 bridgehead atoms. The van der Waals surface area contributed by atoms with Gasteiger partial charge in [0, 0.05) is 53.6 Å². The van der Waals surface area contributed by atoms with Crippen LogP contribution in [0.25, 0.3) is 0 Å². The molecule has 1 saturated heterocycles. The van der Waals surface area contributed by atoms with E-state index in [4.69, 9.17) is 11.6 Å². The van der Waals surface area contributed by atoms with Gasteiger partial charge in [0.1, 0.15) is 4.34 Å². The zero-order chi connectivity index (χ0) is 22.5. The smallest absolute Gasteiger partial charge is 0.228 e. The van der Waals surface area contributed by atoms with E-state index in [9.17, 15) is 9.59 Å². The average Bonchev–Trinajstić information content (AvgIpc) is 3.25. The van der Waals surface area contributed by atoms with E-state index in [0.29, 0.717) is 19.5 Å². The summed E-state index contributed by atoms with van der Waals surface area (Å²) in [6, 6.07) is 15.5.